The van der Waals surface area contributed by atoms with Gasteiger partial charge in [0, 0.05) is 18.3 Å². The average Bonchev–Trinajstić information content (AvgIpc) is 2.95. The first-order valence-corrected chi connectivity index (χ1v) is 7.74. The van der Waals surface area contributed by atoms with Crippen LogP contribution in [-0.4, -0.2) is 48.3 Å². The Bertz CT molecular complexity index is 425. The summed E-state index contributed by atoms with van der Waals surface area (Å²) in [5, 5.41) is 14.9. The predicted molar refractivity (Wildman–Crippen MR) is 84.4 cm³/mol. The molecule has 21 heavy (non-hydrogen) atoms. The number of para-hydroxylation sites is 1. The number of amides is 2. The van der Waals surface area contributed by atoms with Crippen molar-refractivity contribution in [1.29, 1.82) is 0 Å². The van der Waals surface area contributed by atoms with Crippen LogP contribution in [0.15, 0.2) is 30.3 Å². The maximum absolute atomic E-state index is 11.7. The van der Waals surface area contributed by atoms with Gasteiger partial charge in [0.1, 0.15) is 0 Å². The first-order chi connectivity index (χ1) is 10.3. The molecule has 0 aliphatic carbocycles. The quantitative estimate of drug-likeness (QED) is 0.674. The highest BCUT2D eigenvalue weighted by atomic mass is 16.3. The standard InChI is InChI=1S/C16H25N3O2/c20-13-15-9-6-12-19(15)11-5-4-10-17-16(21)18-14-7-2-1-3-8-14/h1-3,7-8,15,20H,4-6,9-13H2,(H2,17,18,21)/t15-/m1/s1. The molecule has 5 heteroatoms. The predicted octanol–water partition coefficient (Wildman–Crippen LogP) is 2.04. The van der Waals surface area contributed by atoms with E-state index in [1.807, 2.05) is 30.3 Å². The molecule has 1 atom stereocenters. The zero-order chi connectivity index (χ0) is 14.9. The van der Waals surface area contributed by atoms with Gasteiger partial charge in [-0.3, -0.25) is 4.90 Å². The first-order valence-electron chi connectivity index (χ1n) is 7.74. The molecule has 5 nitrogen and oxygen atoms in total. The van der Waals surface area contributed by atoms with Crippen LogP contribution in [0.5, 0.6) is 0 Å². The van der Waals surface area contributed by atoms with Gasteiger partial charge in [-0.1, -0.05) is 18.2 Å². The second kappa shape index (κ2) is 8.64. The molecule has 0 saturated carbocycles. The lowest BCUT2D eigenvalue weighted by Gasteiger charge is -2.22. The van der Waals surface area contributed by atoms with Gasteiger partial charge in [-0.15, -0.1) is 0 Å². The maximum Gasteiger partial charge on any atom is 0.319 e. The van der Waals surface area contributed by atoms with Crippen LogP contribution in [0.3, 0.4) is 0 Å². The topological polar surface area (TPSA) is 64.6 Å². The van der Waals surface area contributed by atoms with Gasteiger partial charge in [-0.25, -0.2) is 4.79 Å². The van der Waals surface area contributed by atoms with Crippen LogP contribution in [0.4, 0.5) is 10.5 Å². The van der Waals surface area contributed by atoms with Crippen LogP contribution in [0.1, 0.15) is 25.7 Å². The Hall–Kier alpha value is -1.59. The molecule has 2 amide bonds. The number of benzene rings is 1. The van der Waals surface area contributed by atoms with Gasteiger partial charge in [0.15, 0.2) is 0 Å². The lowest BCUT2D eigenvalue weighted by atomic mass is 10.2. The van der Waals surface area contributed by atoms with Crippen molar-refractivity contribution in [2.45, 2.75) is 31.7 Å². The highest BCUT2D eigenvalue weighted by Gasteiger charge is 2.22. The molecule has 1 aliphatic rings. The fourth-order valence-electron chi connectivity index (χ4n) is 2.73. The maximum atomic E-state index is 11.7. The van der Waals surface area contributed by atoms with Gasteiger partial charge in [-0.2, -0.15) is 0 Å². The molecule has 0 radical (unpaired) electrons. The number of carbonyl (C=O) groups is 1. The number of aliphatic hydroxyl groups excluding tert-OH is 1. The largest absolute Gasteiger partial charge is 0.395 e. The van der Waals surface area contributed by atoms with Gasteiger partial charge in [0.05, 0.1) is 6.61 Å². The van der Waals surface area contributed by atoms with Crippen molar-refractivity contribution in [2.24, 2.45) is 0 Å². The lowest BCUT2D eigenvalue weighted by molar-refractivity contribution is 0.157. The third-order valence-corrected chi connectivity index (χ3v) is 3.90. The van der Waals surface area contributed by atoms with E-state index in [2.05, 4.69) is 15.5 Å². The molecule has 116 valence electrons. The summed E-state index contributed by atoms with van der Waals surface area (Å²) < 4.78 is 0. The fourth-order valence-corrected chi connectivity index (χ4v) is 2.73. The second-order valence-electron chi connectivity index (χ2n) is 5.47. The second-order valence-corrected chi connectivity index (χ2v) is 5.47. The van der Waals surface area contributed by atoms with E-state index in [0.717, 1.165) is 38.0 Å². The number of hydrogen-bond donors (Lipinski definition) is 3. The van der Waals surface area contributed by atoms with Crippen molar-refractivity contribution < 1.29 is 9.90 Å². The Morgan fingerprint density at radius 3 is 2.86 bits per heavy atom. The zero-order valence-corrected chi connectivity index (χ0v) is 12.4. The molecule has 1 aromatic rings. The van der Waals surface area contributed by atoms with E-state index in [1.165, 1.54) is 6.42 Å². The van der Waals surface area contributed by atoms with Crippen LogP contribution < -0.4 is 10.6 Å². The van der Waals surface area contributed by atoms with Gasteiger partial charge >= 0.3 is 6.03 Å². The van der Waals surface area contributed by atoms with E-state index in [9.17, 15) is 9.90 Å². The lowest BCUT2D eigenvalue weighted by Crippen LogP contribution is -2.34. The highest BCUT2D eigenvalue weighted by molar-refractivity contribution is 5.89. The number of unbranched alkanes of at least 4 members (excludes halogenated alkanes) is 1. The Labute approximate surface area is 126 Å². The number of nitrogens with one attached hydrogen (secondary N) is 2. The molecule has 1 heterocycles. The van der Waals surface area contributed by atoms with Gasteiger partial charge in [0.2, 0.25) is 0 Å². The van der Waals surface area contributed by atoms with Crippen molar-refractivity contribution in [1.82, 2.24) is 10.2 Å². The summed E-state index contributed by atoms with van der Waals surface area (Å²) in [6.07, 6.45) is 4.29. The summed E-state index contributed by atoms with van der Waals surface area (Å²) in [6, 6.07) is 9.62. The highest BCUT2D eigenvalue weighted by Crippen LogP contribution is 2.16. The molecule has 0 spiro atoms. The van der Waals surface area contributed by atoms with Crippen LogP contribution in [0, 0.1) is 0 Å². The van der Waals surface area contributed by atoms with Gasteiger partial charge < -0.3 is 15.7 Å². The van der Waals surface area contributed by atoms with Crippen molar-refractivity contribution in [3.63, 3.8) is 0 Å². The summed E-state index contributed by atoms with van der Waals surface area (Å²) in [6.45, 7) is 3.04. The number of nitrogens with zero attached hydrogens (tertiary/aromatic N) is 1. The Morgan fingerprint density at radius 1 is 1.29 bits per heavy atom. The minimum absolute atomic E-state index is 0.157. The van der Waals surface area contributed by atoms with E-state index in [-0.39, 0.29) is 12.6 Å². The summed E-state index contributed by atoms with van der Waals surface area (Å²) >= 11 is 0. The van der Waals surface area contributed by atoms with Crippen molar-refractivity contribution >= 4 is 11.7 Å². The van der Waals surface area contributed by atoms with Gasteiger partial charge in [0.25, 0.3) is 0 Å². The molecular formula is C16H25N3O2. The van der Waals surface area contributed by atoms with E-state index in [4.69, 9.17) is 0 Å². The summed E-state index contributed by atoms with van der Waals surface area (Å²) in [7, 11) is 0. The number of carbonyl (C=O) groups excluding carboxylic acids is 1. The molecule has 1 aromatic carbocycles. The number of likely N-dealkylation sites (tertiary alicyclic amines) is 1. The zero-order valence-electron chi connectivity index (χ0n) is 12.4. The third-order valence-electron chi connectivity index (χ3n) is 3.90. The summed E-state index contributed by atoms with van der Waals surface area (Å²) in [5.41, 5.74) is 0.804. The van der Waals surface area contributed by atoms with E-state index < -0.39 is 0 Å². The van der Waals surface area contributed by atoms with Crippen LogP contribution in [-0.2, 0) is 0 Å². The fraction of sp³-hybridized carbons (Fsp3) is 0.562. The molecule has 0 bridgehead atoms. The minimum atomic E-state index is -0.157. The number of anilines is 1. The Balaban J connectivity index is 1.54. The average molecular weight is 291 g/mol. The molecule has 1 fully saturated rings. The molecule has 1 saturated heterocycles. The monoisotopic (exact) mass is 291 g/mol. The van der Waals surface area contributed by atoms with Crippen LogP contribution in [0.2, 0.25) is 0 Å². The van der Waals surface area contributed by atoms with Crippen molar-refractivity contribution in [2.75, 3.05) is 31.6 Å². The molecule has 2 rings (SSSR count). The Kier molecular flexibility index (Phi) is 6.50. The third kappa shape index (κ3) is 5.36. The van der Waals surface area contributed by atoms with E-state index >= 15 is 0 Å². The molecule has 3 N–H and O–H groups in total. The molecule has 0 aromatic heterocycles. The van der Waals surface area contributed by atoms with Gasteiger partial charge in [-0.05, 0) is 50.9 Å². The normalized spacial score (nSPS) is 18.6. The SMILES string of the molecule is O=C(NCCCCN1CCC[C@@H]1CO)Nc1ccccc1. The molecular weight excluding hydrogens is 266 g/mol. The van der Waals surface area contributed by atoms with Crippen LogP contribution in [0.25, 0.3) is 0 Å². The summed E-state index contributed by atoms with van der Waals surface area (Å²) in [4.78, 5) is 14.0. The van der Waals surface area contributed by atoms with Crippen molar-refractivity contribution in [3.8, 4) is 0 Å². The number of rotatable bonds is 7. The molecule has 0 unspecified atom stereocenters. The number of hydrogen-bond acceptors (Lipinski definition) is 3. The van der Waals surface area contributed by atoms with E-state index in [1.54, 1.807) is 0 Å². The number of urea groups is 1. The Morgan fingerprint density at radius 2 is 2.10 bits per heavy atom. The van der Waals surface area contributed by atoms with Crippen molar-refractivity contribution in [3.05, 3.63) is 30.3 Å². The summed E-state index contributed by atoms with van der Waals surface area (Å²) in [5.74, 6) is 0. The van der Waals surface area contributed by atoms with Crippen LogP contribution >= 0.6 is 0 Å². The van der Waals surface area contributed by atoms with E-state index in [0.29, 0.717) is 12.6 Å². The minimum Gasteiger partial charge on any atom is -0.395 e. The molecule has 1 aliphatic heterocycles. The smallest absolute Gasteiger partial charge is 0.319 e. The number of aliphatic hydroxyl groups is 1. The first kappa shape index (κ1) is 15.8.